The average molecular weight is 1060 g/mol. The molecular weight excluding hydrogens is 989 g/mol. The van der Waals surface area contributed by atoms with E-state index in [2.05, 4.69) is 20.1 Å². The molecule has 19 heteroatoms. The Morgan fingerprint density at radius 2 is 1.00 bits per heavy atom. The van der Waals surface area contributed by atoms with Gasteiger partial charge in [-0.15, -0.1) is 0 Å². The van der Waals surface area contributed by atoms with Crippen LogP contribution >= 0.6 is 0 Å². The third-order valence-corrected chi connectivity index (χ3v) is 14.0. The van der Waals surface area contributed by atoms with Gasteiger partial charge in [-0.2, -0.15) is 0 Å². The molecule has 19 nitrogen and oxygen atoms in total. The second kappa shape index (κ2) is 28.8. The number of methoxy groups -OCH3 is 2. The fourth-order valence-electron chi connectivity index (χ4n) is 10.0. The van der Waals surface area contributed by atoms with Crippen LogP contribution in [0.3, 0.4) is 0 Å². The number of carbonyl (C=O) groups excluding carboxylic acids is 1. The molecular formula is C58H68N6O13. The molecule has 5 aromatic rings. The van der Waals surface area contributed by atoms with Gasteiger partial charge in [-0.1, -0.05) is 158 Å². The smallest absolute Gasteiger partial charge is 0.337 e. The molecule has 0 aromatic heterocycles. The molecule has 408 valence electrons. The highest BCUT2D eigenvalue weighted by Gasteiger charge is 2.57. The third-order valence-electron chi connectivity index (χ3n) is 14.0. The number of nitrogens with zero attached hydrogens (tertiary/aromatic N) is 6. The van der Waals surface area contributed by atoms with Crippen LogP contribution in [0.15, 0.2) is 156 Å². The number of carbonyl (C=O) groups is 1. The molecule has 0 amide bonds. The van der Waals surface area contributed by atoms with Crippen LogP contribution in [0.2, 0.25) is 0 Å². The maximum absolute atomic E-state index is 14.5. The van der Waals surface area contributed by atoms with Crippen LogP contribution in [-0.2, 0) is 89.9 Å². The monoisotopic (exact) mass is 1060 g/mol. The molecule has 0 N–H and O–H groups in total. The highest BCUT2D eigenvalue weighted by atomic mass is 16.8. The zero-order valence-electron chi connectivity index (χ0n) is 44.0. The van der Waals surface area contributed by atoms with Crippen molar-refractivity contribution in [3.63, 3.8) is 0 Å². The van der Waals surface area contributed by atoms with Crippen LogP contribution in [0.1, 0.15) is 55.0 Å². The SMILES string of the molecule is CCC1O[C@H](O[C@@H]2C(C(=O)OC)O[C@@H](O[C@@H]3C(COCc4ccc(OC)cc4)O[C@@H](C)[C@@H](N=[N+]=[N-])C3C)C(OCc3ccccc3)[C@@H]2OCc2ccccc2)C(N=[N+]=[N-])[C@H](OCc2ccccc2)[C@H]1OCc1ccccc1. The summed E-state index contributed by atoms with van der Waals surface area (Å²) in [7, 11) is 2.85. The summed E-state index contributed by atoms with van der Waals surface area (Å²) in [5, 5.41) is 8.44. The van der Waals surface area contributed by atoms with Gasteiger partial charge < -0.3 is 56.8 Å². The topological polar surface area (TPSA) is 225 Å². The Hall–Kier alpha value is -6.41. The van der Waals surface area contributed by atoms with Gasteiger partial charge in [0.1, 0.15) is 48.4 Å². The lowest BCUT2D eigenvalue weighted by Gasteiger charge is -2.50. The molecule has 6 unspecified atom stereocenters. The van der Waals surface area contributed by atoms with Gasteiger partial charge in [0.2, 0.25) is 0 Å². The number of azide groups is 2. The minimum atomic E-state index is -1.56. The summed E-state index contributed by atoms with van der Waals surface area (Å²) >= 11 is 0. The van der Waals surface area contributed by atoms with Gasteiger partial charge in [-0.05, 0) is 70.3 Å². The summed E-state index contributed by atoms with van der Waals surface area (Å²) in [5.74, 6) is -0.588. The Bertz CT molecular complexity index is 2650. The fraction of sp³-hybridized carbons (Fsp3) is 0.466. The molecule has 15 atom stereocenters. The van der Waals surface area contributed by atoms with E-state index >= 15 is 0 Å². The Balaban J connectivity index is 1.17. The predicted molar refractivity (Wildman–Crippen MR) is 281 cm³/mol. The van der Waals surface area contributed by atoms with Gasteiger partial charge in [0.25, 0.3) is 0 Å². The molecule has 77 heavy (non-hydrogen) atoms. The summed E-state index contributed by atoms with van der Waals surface area (Å²) < 4.78 is 78.8. The number of rotatable bonds is 25. The normalized spacial score (nSPS) is 29.1. The van der Waals surface area contributed by atoms with E-state index in [0.29, 0.717) is 12.2 Å². The van der Waals surface area contributed by atoms with Gasteiger partial charge in [-0.25, -0.2) is 4.79 Å². The van der Waals surface area contributed by atoms with E-state index in [0.717, 1.165) is 27.8 Å². The highest BCUT2D eigenvalue weighted by Crippen LogP contribution is 2.40. The van der Waals surface area contributed by atoms with Crippen molar-refractivity contribution in [2.24, 2.45) is 16.1 Å². The Morgan fingerprint density at radius 3 is 1.51 bits per heavy atom. The van der Waals surface area contributed by atoms with Crippen LogP contribution < -0.4 is 4.74 Å². The molecule has 5 aromatic carbocycles. The van der Waals surface area contributed by atoms with Gasteiger partial charge in [0, 0.05) is 9.82 Å². The molecule has 3 heterocycles. The lowest BCUT2D eigenvalue weighted by molar-refractivity contribution is -0.365. The minimum absolute atomic E-state index is 0.0273. The summed E-state index contributed by atoms with van der Waals surface area (Å²) in [6, 6.07) is 44.0. The Kier molecular flexibility index (Phi) is 21.3. The number of benzene rings is 5. The molecule has 3 saturated heterocycles. The van der Waals surface area contributed by atoms with Crippen LogP contribution in [0, 0.1) is 5.92 Å². The Labute approximate surface area is 449 Å². The van der Waals surface area contributed by atoms with Gasteiger partial charge in [0.15, 0.2) is 18.7 Å². The van der Waals surface area contributed by atoms with Gasteiger partial charge >= 0.3 is 5.97 Å². The van der Waals surface area contributed by atoms with Crippen LogP contribution in [0.5, 0.6) is 5.75 Å². The second-order valence-corrected chi connectivity index (χ2v) is 19.1. The first-order valence-corrected chi connectivity index (χ1v) is 26.0. The standard InChI is InChI=1S/C58H68N6O13/c1-6-45-50(69-32-39-19-11-7-12-20-39)51(70-33-40-21-13-8-14-22-40)48(62-64-60)57(74-45)76-53-52(71-34-41-23-15-9-16-24-41)55(72-35-42-25-17-10-18-26-42)58(77-54(53)56(65)67-5)75-49-37(2)47(61-63-59)38(3)73-46(49)36-68-31-43-27-29-44(66-4)30-28-43/h7-30,37-38,45-55,57-58H,6,31-36H2,1-5H3/t37?,38-,45?,46?,47-,48?,49-,50-,51-,52+,53-,54?,55?,57+,58+/m0/s1. The van der Waals surface area contributed by atoms with Crippen molar-refractivity contribution >= 4 is 5.97 Å². The van der Waals surface area contributed by atoms with Crippen molar-refractivity contribution in [3.05, 3.63) is 194 Å². The van der Waals surface area contributed by atoms with Crippen LogP contribution in [-0.4, -0.2) is 112 Å². The summed E-state index contributed by atoms with van der Waals surface area (Å²) in [4.78, 5) is 20.9. The molecule has 0 saturated carbocycles. The lowest BCUT2D eigenvalue weighted by atomic mass is 9.86. The minimum Gasteiger partial charge on any atom is -0.497 e. The van der Waals surface area contributed by atoms with Crippen LogP contribution in [0.25, 0.3) is 20.9 Å². The fourth-order valence-corrected chi connectivity index (χ4v) is 10.0. The third kappa shape index (κ3) is 15.0. The molecule has 8 rings (SSSR count). The van der Waals surface area contributed by atoms with Crippen molar-refractivity contribution in [1.29, 1.82) is 0 Å². The molecule has 3 aliphatic heterocycles. The van der Waals surface area contributed by atoms with Gasteiger partial charge in [0.05, 0.1) is 78.2 Å². The van der Waals surface area contributed by atoms with Crippen molar-refractivity contribution < 1.29 is 61.6 Å². The lowest BCUT2D eigenvalue weighted by Crippen LogP contribution is -2.67. The van der Waals surface area contributed by atoms with Gasteiger partial charge in [-0.3, -0.25) is 0 Å². The maximum atomic E-state index is 14.5. The zero-order valence-corrected chi connectivity index (χ0v) is 44.0. The molecule has 0 bridgehead atoms. The van der Waals surface area contributed by atoms with Crippen LogP contribution in [0.4, 0.5) is 0 Å². The number of ether oxygens (including phenoxy) is 12. The highest BCUT2D eigenvalue weighted by molar-refractivity contribution is 5.75. The number of hydrogen-bond donors (Lipinski definition) is 0. The number of esters is 1. The van der Waals surface area contributed by atoms with Crippen molar-refractivity contribution in [2.75, 3.05) is 20.8 Å². The first-order chi connectivity index (χ1) is 37.7. The van der Waals surface area contributed by atoms with E-state index in [9.17, 15) is 15.9 Å². The van der Waals surface area contributed by atoms with E-state index < -0.39 is 97.6 Å². The predicted octanol–water partition coefficient (Wildman–Crippen LogP) is 10.1. The van der Waals surface area contributed by atoms with E-state index in [1.165, 1.54) is 7.11 Å². The average Bonchev–Trinajstić information content (AvgIpc) is 3.47. The molecule has 3 aliphatic rings. The zero-order chi connectivity index (χ0) is 53.9. The molecule has 0 spiro atoms. The summed E-state index contributed by atoms with van der Waals surface area (Å²) in [6.07, 6.45) is -12.1. The molecule has 3 fully saturated rings. The summed E-state index contributed by atoms with van der Waals surface area (Å²) in [5.41, 5.74) is 24.4. The van der Waals surface area contributed by atoms with Crippen molar-refractivity contribution in [3.8, 4) is 5.75 Å². The summed E-state index contributed by atoms with van der Waals surface area (Å²) in [6.45, 7) is 6.44. The van der Waals surface area contributed by atoms with E-state index in [1.54, 1.807) is 7.11 Å². The quantitative estimate of drug-likeness (QED) is 0.0230. The Morgan fingerprint density at radius 1 is 0.519 bits per heavy atom. The maximum Gasteiger partial charge on any atom is 0.337 e. The largest absolute Gasteiger partial charge is 0.497 e. The first kappa shape index (κ1) is 56.8. The van der Waals surface area contributed by atoms with Crippen molar-refractivity contribution in [1.82, 2.24) is 0 Å². The number of hydrogen-bond acceptors (Lipinski definition) is 15. The van der Waals surface area contributed by atoms with Crippen molar-refractivity contribution in [2.45, 2.75) is 146 Å². The van der Waals surface area contributed by atoms with E-state index in [4.69, 9.17) is 56.8 Å². The first-order valence-electron chi connectivity index (χ1n) is 26.0. The molecule has 0 radical (unpaired) electrons. The second-order valence-electron chi connectivity index (χ2n) is 19.1. The van der Waals surface area contributed by atoms with E-state index in [1.807, 2.05) is 166 Å². The van der Waals surface area contributed by atoms with E-state index in [-0.39, 0.29) is 39.6 Å². The molecule has 0 aliphatic carbocycles.